The zero-order valence-corrected chi connectivity index (χ0v) is 18.8. The fourth-order valence-corrected chi connectivity index (χ4v) is 5.13. The number of aliphatic carboxylic acids is 1. The van der Waals surface area contributed by atoms with Gasteiger partial charge in [0, 0.05) is 19.5 Å². The second kappa shape index (κ2) is 10.1. The molecule has 4 rings (SSSR count). The minimum atomic E-state index is -3.79. The van der Waals surface area contributed by atoms with Crippen molar-refractivity contribution < 1.29 is 27.8 Å². The Morgan fingerprint density at radius 2 is 1.48 bits per heavy atom. The molecule has 0 aliphatic carbocycles. The number of hydrogen-bond acceptors (Lipinski definition) is 5. The van der Waals surface area contributed by atoms with Gasteiger partial charge in [-0.15, -0.1) is 0 Å². The van der Waals surface area contributed by atoms with Gasteiger partial charge in [0.15, 0.2) is 11.5 Å². The van der Waals surface area contributed by atoms with Gasteiger partial charge in [-0.3, -0.25) is 4.79 Å². The van der Waals surface area contributed by atoms with Crippen molar-refractivity contribution in [1.82, 2.24) is 4.31 Å². The van der Waals surface area contributed by atoms with Gasteiger partial charge in [-0.25, -0.2) is 8.42 Å². The van der Waals surface area contributed by atoms with Crippen LogP contribution >= 0.6 is 0 Å². The van der Waals surface area contributed by atoms with Crippen LogP contribution in [0.1, 0.15) is 23.1 Å². The van der Waals surface area contributed by atoms with Gasteiger partial charge in [0.05, 0.1) is 4.90 Å². The summed E-state index contributed by atoms with van der Waals surface area (Å²) in [5, 5.41) is 8.96. The molecule has 1 N–H and O–H groups in total. The summed E-state index contributed by atoms with van der Waals surface area (Å²) >= 11 is 0. The number of nitrogens with zero attached hydrogens (tertiary/aromatic N) is 1. The van der Waals surface area contributed by atoms with Crippen LogP contribution in [-0.4, -0.2) is 37.0 Å². The molecule has 0 unspecified atom stereocenters. The number of carboxylic acid groups (broad SMARTS) is 1. The van der Waals surface area contributed by atoms with Crippen LogP contribution in [0.15, 0.2) is 77.7 Å². The molecule has 172 valence electrons. The van der Waals surface area contributed by atoms with Gasteiger partial charge in [0.2, 0.25) is 10.0 Å². The van der Waals surface area contributed by atoms with E-state index in [0.717, 1.165) is 16.7 Å². The molecule has 33 heavy (non-hydrogen) atoms. The van der Waals surface area contributed by atoms with Crippen LogP contribution in [0.4, 0.5) is 0 Å². The number of hydrogen-bond donors (Lipinski definition) is 1. The Bertz CT molecular complexity index is 1230. The minimum absolute atomic E-state index is 0.0205. The van der Waals surface area contributed by atoms with E-state index in [1.54, 1.807) is 36.4 Å². The zero-order valence-electron chi connectivity index (χ0n) is 18.0. The zero-order chi connectivity index (χ0) is 23.3. The van der Waals surface area contributed by atoms with Crippen LogP contribution in [0.5, 0.6) is 11.5 Å². The number of carboxylic acids is 1. The molecule has 0 bridgehead atoms. The number of rotatable bonds is 9. The van der Waals surface area contributed by atoms with Crippen LogP contribution in [0.2, 0.25) is 0 Å². The van der Waals surface area contributed by atoms with E-state index < -0.39 is 16.0 Å². The summed E-state index contributed by atoms with van der Waals surface area (Å²) in [5.74, 6) is 0.382. The molecule has 3 aromatic carbocycles. The lowest BCUT2D eigenvalue weighted by Crippen LogP contribution is -2.30. The molecule has 0 amide bonds. The third-order valence-electron chi connectivity index (χ3n) is 5.32. The molecule has 3 aromatic rings. The summed E-state index contributed by atoms with van der Waals surface area (Å²) in [6.07, 6.45) is 0.406. The highest BCUT2D eigenvalue weighted by Gasteiger charge is 2.25. The lowest BCUT2D eigenvalue weighted by Gasteiger charge is -2.24. The van der Waals surface area contributed by atoms with Crippen molar-refractivity contribution >= 4 is 16.0 Å². The summed E-state index contributed by atoms with van der Waals surface area (Å²) in [6.45, 7) is 1.23. The van der Waals surface area contributed by atoms with E-state index in [1.807, 2.05) is 36.4 Å². The summed E-state index contributed by atoms with van der Waals surface area (Å²) in [5.41, 5.74) is 2.42. The number of aryl methyl sites for hydroxylation is 1. The normalized spacial score (nSPS) is 13.1. The van der Waals surface area contributed by atoms with Gasteiger partial charge in [0.1, 0.15) is 13.2 Å². The van der Waals surface area contributed by atoms with Crippen LogP contribution in [0, 0.1) is 0 Å². The number of carbonyl (C=O) groups is 1. The second-order valence-electron chi connectivity index (χ2n) is 7.78. The number of benzene rings is 3. The molecular weight excluding hydrogens is 442 g/mol. The van der Waals surface area contributed by atoms with E-state index in [0.29, 0.717) is 31.1 Å². The highest BCUT2D eigenvalue weighted by Crippen LogP contribution is 2.32. The molecule has 0 fully saturated rings. The summed E-state index contributed by atoms with van der Waals surface area (Å²) in [4.78, 5) is 11.1. The average Bonchev–Trinajstić information content (AvgIpc) is 2.83. The second-order valence-corrected chi connectivity index (χ2v) is 9.72. The lowest BCUT2D eigenvalue weighted by molar-refractivity contribution is -0.136. The molecule has 1 aliphatic rings. The Morgan fingerprint density at radius 3 is 2.21 bits per heavy atom. The summed E-state index contributed by atoms with van der Waals surface area (Å²) in [6, 6.07) is 21.2. The molecule has 0 radical (unpaired) electrons. The Kier molecular flexibility index (Phi) is 6.96. The van der Waals surface area contributed by atoms with Crippen molar-refractivity contribution in [3.63, 3.8) is 0 Å². The first kappa shape index (κ1) is 22.8. The van der Waals surface area contributed by atoms with Crippen molar-refractivity contribution in [3.05, 3.63) is 89.5 Å². The van der Waals surface area contributed by atoms with Crippen LogP contribution in [0.3, 0.4) is 0 Å². The minimum Gasteiger partial charge on any atom is -0.486 e. The maximum atomic E-state index is 13.5. The summed E-state index contributed by atoms with van der Waals surface area (Å²) < 4.78 is 39.7. The van der Waals surface area contributed by atoms with Gasteiger partial charge in [-0.1, -0.05) is 48.5 Å². The molecule has 0 spiro atoms. The maximum Gasteiger partial charge on any atom is 0.303 e. The van der Waals surface area contributed by atoms with E-state index in [-0.39, 0.29) is 24.4 Å². The Morgan fingerprint density at radius 1 is 0.818 bits per heavy atom. The lowest BCUT2D eigenvalue weighted by atomic mass is 10.1. The van der Waals surface area contributed by atoms with Crippen molar-refractivity contribution in [1.29, 1.82) is 0 Å². The van der Waals surface area contributed by atoms with Crippen molar-refractivity contribution in [3.8, 4) is 11.5 Å². The van der Waals surface area contributed by atoms with E-state index in [1.165, 1.54) is 4.31 Å². The van der Waals surface area contributed by atoms with Crippen molar-refractivity contribution in [2.45, 2.75) is 30.8 Å². The maximum absolute atomic E-state index is 13.5. The smallest absolute Gasteiger partial charge is 0.303 e. The number of fused-ring (bicyclic) bond motifs is 1. The van der Waals surface area contributed by atoms with E-state index in [2.05, 4.69) is 0 Å². The molecule has 1 heterocycles. The first-order valence-electron chi connectivity index (χ1n) is 10.7. The molecular formula is C25H25NO6S. The monoisotopic (exact) mass is 467 g/mol. The highest BCUT2D eigenvalue weighted by molar-refractivity contribution is 7.89. The van der Waals surface area contributed by atoms with Gasteiger partial charge < -0.3 is 14.6 Å². The van der Waals surface area contributed by atoms with Gasteiger partial charge in [-0.05, 0) is 47.4 Å². The first-order chi connectivity index (χ1) is 15.9. The van der Waals surface area contributed by atoms with Gasteiger partial charge in [-0.2, -0.15) is 4.31 Å². The van der Waals surface area contributed by atoms with Crippen LogP contribution in [-0.2, 0) is 34.3 Å². The average molecular weight is 468 g/mol. The topological polar surface area (TPSA) is 93.1 Å². The number of sulfonamides is 1. The fraction of sp³-hybridized carbons (Fsp3) is 0.240. The van der Waals surface area contributed by atoms with E-state index >= 15 is 0 Å². The Balaban J connectivity index is 1.64. The van der Waals surface area contributed by atoms with Crippen molar-refractivity contribution in [2.24, 2.45) is 0 Å². The molecule has 8 heteroatoms. The van der Waals surface area contributed by atoms with E-state index in [9.17, 15) is 13.2 Å². The third kappa shape index (κ3) is 5.71. The molecule has 0 saturated heterocycles. The molecule has 1 aliphatic heterocycles. The standard InChI is InChI=1S/C25H25NO6S/c27-25(28)12-10-19-5-4-6-20(15-19)17-26(33(29,30)22-7-2-1-3-8-22)18-21-9-11-23-24(16-21)32-14-13-31-23/h1-9,11,15-16H,10,12-14,17-18H2,(H,27,28). The fourth-order valence-electron chi connectivity index (χ4n) is 3.70. The molecule has 0 saturated carbocycles. The number of ether oxygens (including phenoxy) is 2. The van der Waals surface area contributed by atoms with Crippen LogP contribution in [0.25, 0.3) is 0 Å². The first-order valence-corrected chi connectivity index (χ1v) is 12.1. The molecule has 0 atom stereocenters. The predicted octanol–water partition coefficient (Wildman–Crippen LogP) is 3.87. The van der Waals surface area contributed by atoms with E-state index in [4.69, 9.17) is 14.6 Å². The predicted molar refractivity (Wildman–Crippen MR) is 123 cm³/mol. The largest absolute Gasteiger partial charge is 0.486 e. The Hall–Kier alpha value is -3.36. The molecule has 7 nitrogen and oxygen atoms in total. The third-order valence-corrected chi connectivity index (χ3v) is 7.13. The highest BCUT2D eigenvalue weighted by atomic mass is 32.2. The van der Waals surface area contributed by atoms with Crippen molar-refractivity contribution in [2.75, 3.05) is 13.2 Å². The molecule has 0 aromatic heterocycles. The summed E-state index contributed by atoms with van der Waals surface area (Å²) in [7, 11) is -3.79. The van der Waals surface area contributed by atoms with Crippen LogP contribution < -0.4 is 9.47 Å². The van der Waals surface area contributed by atoms with Gasteiger partial charge >= 0.3 is 5.97 Å². The Labute approximate surface area is 193 Å². The SMILES string of the molecule is O=C(O)CCc1cccc(CN(Cc2ccc3c(c2)OCCO3)S(=O)(=O)c2ccccc2)c1. The van der Waals surface area contributed by atoms with Gasteiger partial charge in [0.25, 0.3) is 0 Å². The quantitative estimate of drug-likeness (QED) is 0.514.